The van der Waals surface area contributed by atoms with E-state index in [-0.39, 0.29) is 25.5 Å². The van der Waals surface area contributed by atoms with Crippen LogP contribution in [0.15, 0.2) is 97.3 Å². The van der Waals surface area contributed by atoms with Gasteiger partial charge in [-0.05, 0) is 90.2 Å². The van der Waals surface area contributed by atoms with Crippen molar-refractivity contribution in [2.45, 2.75) is 32.7 Å². The maximum atomic E-state index is 14.3. The Kier molecular flexibility index (Phi) is 14.5. The Balaban J connectivity index is 1.09. The second-order valence-corrected chi connectivity index (χ2v) is 16.8. The monoisotopic (exact) mass is 918 g/mol. The van der Waals surface area contributed by atoms with Gasteiger partial charge in [-0.2, -0.15) is 4.37 Å². The molecule has 1 aliphatic heterocycles. The van der Waals surface area contributed by atoms with Crippen LogP contribution in [0, 0.1) is 12.7 Å². The lowest BCUT2D eigenvalue weighted by atomic mass is 9.93. The highest BCUT2D eigenvalue weighted by Crippen LogP contribution is 2.46. The lowest BCUT2D eigenvalue weighted by molar-refractivity contribution is -0.145. The quantitative estimate of drug-likeness (QED) is 0.0876. The molecule has 336 valence electrons. The predicted molar refractivity (Wildman–Crippen MR) is 249 cm³/mol. The Bertz CT molecular complexity index is 2800. The first-order chi connectivity index (χ1) is 31.6. The van der Waals surface area contributed by atoms with Gasteiger partial charge in [0.2, 0.25) is 12.0 Å². The van der Waals surface area contributed by atoms with Crippen LogP contribution in [0.4, 0.5) is 4.39 Å². The van der Waals surface area contributed by atoms with Crippen molar-refractivity contribution in [1.82, 2.24) is 29.1 Å². The van der Waals surface area contributed by atoms with Gasteiger partial charge in [-0.25, -0.2) is 19.2 Å². The molecular weight excluding hydrogens is 871 g/mol. The highest BCUT2D eigenvalue weighted by Gasteiger charge is 2.28. The van der Waals surface area contributed by atoms with Crippen molar-refractivity contribution in [2.24, 2.45) is 0 Å². The van der Waals surface area contributed by atoms with E-state index in [2.05, 4.69) is 31.2 Å². The maximum Gasteiger partial charge on any atom is 0.345 e. The number of aromatic nitrogens is 4. The van der Waals surface area contributed by atoms with Gasteiger partial charge in [0.15, 0.2) is 5.82 Å². The van der Waals surface area contributed by atoms with Gasteiger partial charge in [0.05, 0.1) is 40.2 Å². The molecule has 3 aromatic heterocycles. The lowest BCUT2D eigenvalue weighted by Crippen LogP contribution is -2.45. The summed E-state index contributed by atoms with van der Waals surface area (Å²) in [5, 5.41) is 11.7. The molecule has 0 radical (unpaired) electrons. The first kappa shape index (κ1) is 45.3. The standard InChI is InChI=1S/C49H48ClFN6O7S/c1-30-37(14-15-40(45(30)50)62-23-22-57-20-18-56(2)19-21-57)43-44-42(27-53-46(43)32-9-7-10-36(24-32)61-4)65-55-48(44)64-41(49(58)59)25-31-8-5-6-11-39(31)63-29-35-16-17-52-47(54-35)38-26-34(51)13-12-33(38)28-60-3/h5-17,24,26-27,41H,18-23,25,28-29H2,1-4H3,(H,58,59)/t41-/m1/s1. The number of para-hydroxylation sites is 1. The van der Waals surface area contributed by atoms with Crippen molar-refractivity contribution in [3.05, 3.63) is 131 Å². The number of fused-ring (bicyclic) bond motifs is 1. The molecule has 0 spiro atoms. The third-order valence-corrected chi connectivity index (χ3v) is 12.6. The molecule has 0 saturated carbocycles. The molecule has 1 aliphatic rings. The summed E-state index contributed by atoms with van der Waals surface area (Å²) in [7, 11) is 5.30. The number of aliphatic carboxylic acids is 1. The van der Waals surface area contributed by atoms with Gasteiger partial charge in [-0.1, -0.05) is 54.1 Å². The van der Waals surface area contributed by atoms with Crippen LogP contribution in [0.1, 0.15) is 22.4 Å². The van der Waals surface area contributed by atoms with Gasteiger partial charge in [0.1, 0.15) is 36.3 Å². The Morgan fingerprint density at radius 1 is 0.908 bits per heavy atom. The molecule has 0 bridgehead atoms. The Labute approximate surface area is 385 Å². The zero-order valence-electron chi connectivity index (χ0n) is 36.4. The van der Waals surface area contributed by atoms with E-state index < -0.39 is 17.9 Å². The van der Waals surface area contributed by atoms with Crippen LogP contribution < -0.4 is 18.9 Å². The van der Waals surface area contributed by atoms with Crippen LogP contribution in [-0.2, 0) is 29.2 Å². The number of carboxylic acids is 1. The molecule has 4 aromatic carbocycles. The molecular formula is C49H48ClFN6O7S. The highest BCUT2D eigenvalue weighted by atomic mass is 35.5. The molecule has 16 heteroatoms. The zero-order valence-corrected chi connectivity index (χ0v) is 38.0. The molecule has 0 unspecified atom stereocenters. The number of methoxy groups -OCH3 is 2. The molecule has 7 aromatic rings. The van der Waals surface area contributed by atoms with Crippen LogP contribution in [-0.4, -0.2) is 107 Å². The van der Waals surface area contributed by atoms with Gasteiger partial charge in [-0.15, -0.1) is 0 Å². The number of nitrogens with zero attached hydrogens (tertiary/aromatic N) is 6. The van der Waals surface area contributed by atoms with Crippen LogP contribution >= 0.6 is 23.1 Å². The summed E-state index contributed by atoms with van der Waals surface area (Å²) in [6.07, 6.45) is 1.87. The van der Waals surface area contributed by atoms with Crippen LogP contribution in [0.5, 0.6) is 23.1 Å². The summed E-state index contributed by atoms with van der Waals surface area (Å²) < 4.78 is 49.5. The molecule has 1 fully saturated rings. The van der Waals surface area contributed by atoms with Crippen LogP contribution in [0.2, 0.25) is 5.02 Å². The molecule has 65 heavy (non-hydrogen) atoms. The molecule has 0 amide bonds. The molecule has 1 N–H and O–H groups in total. The molecule has 0 aliphatic carbocycles. The molecule has 1 atom stereocenters. The number of hydrogen-bond acceptors (Lipinski definition) is 13. The summed E-state index contributed by atoms with van der Waals surface area (Å²) in [6.45, 7) is 7.50. The third kappa shape index (κ3) is 10.5. The van der Waals surface area contributed by atoms with Crippen molar-refractivity contribution >= 4 is 39.2 Å². The van der Waals surface area contributed by atoms with Crippen molar-refractivity contribution in [3.8, 4) is 56.9 Å². The zero-order chi connectivity index (χ0) is 45.5. The predicted octanol–water partition coefficient (Wildman–Crippen LogP) is 9.02. The fourth-order valence-electron chi connectivity index (χ4n) is 7.77. The number of ether oxygens (including phenoxy) is 5. The number of benzene rings is 4. The summed E-state index contributed by atoms with van der Waals surface area (Å²) in [4.78, 5) is 31.7. The van der Waals surface area contributed by atoms with Crippen molar-refractivity contribution in [3.63, 3.8) is 0 Å². The fourth-order valence-corrected chi connectivity index (χ4v) is 8.68. The molecule has 8 rings (SSSR count). The summed E-state index contributed by atoms with van der Waals surface area (Å²) >= 11 is 8.27. The molecule has 4 heterocycles. The highest BCUT2D eigenvalue weighted by molar-refractivity contribution is 7.13. The minimum atomic E-state index is -1.37. The number of rotatable bonds is 18. The lowest BCUT2D eigenvalue weighted by Gasteiger charge is -2.32. The van der Waals surface area contributed by atoms with Gasteiger partial charge in [0.25, 0.3) is 0 Å². The Hall–Kier alpha value is -6.23. The third-order valence-electron chi connectivity index (χ3n) is 11.3. The largest absolute Gasteiger partial charge is 0.497 e. The number of pyridine rings is 1. The minimum absolute atomic E-state index is 0.0299. The van der Waals surface area contributed by atoms with E-state index in [9.17, 15) is 14.3 Å². The second kappa shape index (κ2) is 20.7. The molecule has 13 nitrogen and oxygen atoms in total. The van der Waals surface area contributed by atoms with Gasteiger partial charge < -0.3 is 33.7 Å². The maximum absolute atomic E-state index is 14.3. The van der Waals surface area contributed by atoms with Gasteiger partial charge in [-0.3, -0.25) is 9.88 Å². The van der Waals surface area contributed by atoms with E-state index in [4.69, 9.17) is 40.3 Å². The number of piperazine rings is 1. The van der Waals surface area contributed by atoms with E-state index in [0.717, 1.165) is 66.5 Å². The van der Waals surface area contributed by atoms with E-state index in [0.29, 0.717) is 72.9 Å². The van der Waals surface area contributed by atoms with Crippen molar-refractivity contribution < 1.29 is 38.0 Å². The Morgan fingerprint density at radius 3 is 2.54 bits per heavy atom. The van der Waals surface area contributed by atoms with Crippen LogP contribution in [0.3, 0.4) is 0 Å². The Morgan fingerprint density at radius 2 is 1.74 bits per heavy atom. The van der Waals surface area contributed by atoms with Gasteiger partial charge >= 0.3 is 5.97 Å². The SMILES string of the molecule is COCc1ccc(F)cc1-c1nccc(COc2ccccc2C[C@@H](Oc2nsc3cnc(-c4cccc(OC)c4)c(-c4ccc(OCCN5CCN(C)CC5)c(Cl)c4C)c23)C(=O)O)n1. The average molecular weight is 919 g/mol. The minimum Gasteiger partial charge on any atom is -0.497 e. The number of likely N-dealkylation sites (N-methyl/N-ethyl adjacent to an activating group) is 1. The normalized spacial score (nSPS) is 13.8. The summed E-state index contributed by atoms with van der Waals surface area (Å²) in [5.74, 6) is 0.504. The summed E-state index contributed by atoms with van der Waals surface area (Å²) in [5.41, 5.74) is 5.93. The van der Waals surface area contributed by atoms with E-state index in [1.54, 1.807) is 63.0 Å². The first-order valence-corrected chi connectivity index (χ1v) is 22.2. The van der Waals surface area contributed by atoms with E-state index in [1.807, 2.05) is 43.3 Å². The topological polar surface area (TPSA) is 141 Å². The molecule has 1 saturated heterocycles. The van der Waals surface area contributed by atoms with E-state index in [1.165, 1.54) is 12.1 Å². The number of carboxylic acid groups (broad SMARTS) is 1. The number of halogens is 2. The van der Waals surface area contributed by atoms with Gasteiger partial charge in [0, 0.05) is 75.3 Å². The second-order valence-electron chi connectivity index (χ2n) is 15.6. The number of hydrogen-bond donors (Lipinski definition) is 1. The van der Waals surface area contributed by atoms with Crippen LogP contribution in [0.25, 0.3) is 43.9 Å². The van der Waals surface area contributed by atoms with Crippen molar-refractivity contribution in [2.75, 3.05) is 60.6 Å². The average Bonchev–Trinajstić information content (AvgIpc) is 3.73. The fraction of sp³-hybridized carbons (Fsp3) is 0.286. The number of carbonyl (C=O) groups is 1. The first-order valence-electron chi connectivity index (χ1n) is 21.1. The van der Waals surface area contributed by atoms with Crippen molar-refractivity contribution in [1.29, 1.82) is 0 Å². The summed E-state index contributed by atoms with van der Waals surface area (Å²) in [6, 6.07) is 24.6. The van der Waals surface area contributed by atoms with E-state index >= 15 is 0 Å². The smallest absolute Gasteiger partial charge is 0.345 e.